The van der Waals surface area contributed by atoms with Gasteiger partial charge in [0.25, 0.3) is 5.91 Å². The van der Waals surface area contributed by atoms with Crippen molar-refractivity contribution in [1.29, 1.82) is 0 Å². The van der Waals surface area contributed by atoms with Crippen molar-refractivity contribution in [2.75, 3.05) is 26.1 Å². The smallest absolute Gasteiger partial charge is 0.410 e. The Bertz CT molecular complexity index is 1110. The van der Waals surface area contributed by atoms with E-state index >= 15 is 0 Å². The van der Waals surface area contributed by atoms with Crippen molar-refractivity contribution < 1.29 is 31.9 Å². The summed E-state index contributed by atoms with van der Waals surface area (Å²) in [5.41, 5.74) is 0.936. The normalized spacial score (nSPS) is 17.7. The maximum atomic E-state index is 13.7. The maximum Gasteiger partial charge on any atom is 0.410 e. The van der Waals surface area contributed by atoms with Gasteiger partial charge in [-0.1, -0.05) is 6.07 Å². The van der Waals surface area contributed by atoms with Crippen molar-refractivity contribution in [3.8, 4) is 11.5 Å². The molecule has 11 heteroatoms. The molecule has 176 valence electrons. The van der Waals surface area contributed by atoms with Gasteiger partial charge in [-0.25, -0.2) is 4.68 Å². The minimum absolute atomic E-state index is 0.00796. The molecule has 2 unspecified atom stereocenters. The highest BCUT2D eigenvalue weighted by molar-refractivity contribution is 5.98. The highest BCUT2D eigenvalue weighted by atomic mass is 19.4. The summed E-state index contributed by atoms with van der Waals surface area (Å²) in [5, 5.41) is 9.59. The molecule has 4 rings (SSSR count). The molecule has 1 aliphatic heterocycles. The van der Waals surface area contributed by atoms with E-state index in [-0.39, 0.29) is 24.3 Å². The number of alkyl halides is 3. The molecule has 8 nitrogen and oxygen atoms in total. The molecular weight excluding hydrogens is 441 g/mol. The van der Waals surface area contributed by atoms with Crippen LogP contribution in [0.5, 0.6) is 11.5 Å². The van der Waals surface area contributed by atoms with Crippen LogP contribution in [0.15, 0.2) is 47.2 Å². The van der Waals surface area contributed by atoms with Crippen LogP contribution in [0.25, 0.3) is 0 Å². The van der Waals surface area contributed by atoms with Gasteiger partial charge in [0, 0.05) is 13.0 Å². The highest BCUT2D eigenvalue weighted by Crippen LogP contribution is 2.44. The second-order valence-electron chi connectivity index (χ2n) is 7.55. The Balaban J connectivity index is 1.49. The zero-order valence-electron chi connectivity index (χ0n) is 18.0. The largest absolute Gasteiger partial charge is 0.493 e. The Morgan fingerprint density at radius 1 is 1.27 bits per heavy atom. The van der Waals surface area contributed by atoms with Gasteiger partial charge in [-0.05, 0) is 36.2 Å². The van der Waals surface area contributed by atoms with Crippen LogP contribution in [0.2, 0.25) is 0 Å². The number of hydrogen-bond acceptors (Lipinski definition) is 6. The number of aromatic nitrogens is 2. The fourth-order valence-electron chi connectivity index (χ4n) is 3.86. The zero-order chi connectivity index (χ0) is 23.6. The molecule has 3 aromatic rings. The van der Waals surface area contributed by atoms with Crippen LogP contribution in [0, 0.1) is 0 Å². The topological polar surface area (TPSA) is 90.5 Å². The molecule has 0 spiro atoms. The lowest BCUT2D eigenvalue weighted by Crippen LogP contribution is -2.36. The van der Waals surface area contributed by atoms with Crippen LogP contribution >= 0.6 is 0 Å². The van der Waals surface area contributed by atoms with E-state index in [1.54, 1.807) is 24.3 Å². The van der Waals surface area contributed by atoms with E-state index in [1.165, 1.54) is 20.5 Å². The summed E-state index contributed by atoms with van der Waals surface area (Å²) in [5.74, 6) is 1.00. The van der Waals surface area contributed by atoms with Gasteiger partial charge < -0.3 is 24.5 Å². The van der Waals surface area contributed by atoms with Gasteiger partial charge in [0.1, 0.15) is 17.1 Å². The van der Waals surface area contributed by atoms with Crippen LogP contribution in [0.3, 0.4) is 0 Å². The van der Waals surface area contributed by atoms with Crippen molar-refractivity contribution in [3.05, 3.63) is 59.7 Å². The number of furan rings is 1. The van der Waals surface area contributed by atoms with Crippen molar-refractivity contribution in [2.24, 2.45) is 0 Å². The van der Waals surface area contributed by atoms with Crippen LogP contribution in [0.1, 0.15) is 40.2 Å². The molecule has 0 saturated carbocycles. The molecule has 1 amide bonds. The number of fused-ring (bicyclic) bond motifs is 1. The lowest BCUT2D eigenvalue weighted by Gasteiger charge is -2.32. The first-order valence-corrected chi connectivity index (χ1v) is 10.2. The molecular formula is C22H23F3N4O4. The Labute approximate surface area is 187 Å². The first kappa shape index (κ1) is 22.6. The predicted octanol–water partition coefficient (Wildman–Crippen LogP) is 4.13. The quantitative estimate of drug-likeness (QED) is 0.547. The van der Waals surface area contributed by atoms with Crippen molar-refractivity contribution in [3.63, 3.8) is 0 Å². The molecule has 0 saturated heterocycles. The molecule has 2 atom stereocenters. The van der Waals surface area contributed by atoms with Crippen LogP contribution in [-0.2, 0) is 6.42 Å². The highest BCUT2D eigenvalue weighted by Gasteiger charge is 2.47. The number of nitrogens with zero attached hydrogens (tertiary/aromatic N) is 2. The summed E-state index contributed by atoms with van der Waals surface area (Å²) in [6.07, 6.45) is -1.80. The average molecular weight is 464 g/mol. The minimum Gasteiger partial charge on any atom is -0.493 e. The standard InChI is InChI=1S/C22H23F3N4O4/c1-31-17-6-5-13(10-18(17)32-2)7-8-26-21(30)14-12-27-29-19(22(23,24)25)11-15(28-20(14)29)16-4-3-9-33-16/h3-6,9-10,12,15,19,28H,7-8,11H2,1-2H3,(H,26,30). The number of rotatable bonds is 7. The molecule has 33 heavy (non-hydrogen) atoms. The summed E-state index contributed by atoms with van der Waals surface area (Å²) in [6.45, 7) is 0.267. The summed E-state index contributed by atoms with van der Waals surface area (Å²) in [6, 6.07) is 5.99. The summed E-state index contributed by atoms with van der Waals surface area (Å²) in [7, 11) is 3.07. The Kier molecular flexibility index (Phi) is 6.21. The molecule has 1 aliphatic rings. The molecule has 0 fully saturated rings. The van der Waals surface area contributed by atoms with Gasteiger partial charge in [-0.2, -0.15) is 18.3 Å². The minimum atomic E-state index is -4.53. The van der Waals surface area contributed by atoms with E-state index in [2.05, 4.69) is 15.7 Å². The van der Waals surface area contributed by atoms with E-state index in [9.17, 15) is 18.0 Å². The third-order valence-corrected chi connectivity index (χ3v) is 5.52. The van der Waals surface area contributed by atoms with Crippen molar-refractivity contribution in [1.82, 2.24) is 15.1 Å². The fraction of sp³-hybridized carbons (Fsp3) is 0.364. The Morgan fingerprint density at radius 3 is 2.73 bits per heavy atom. The molecule has 0 aliphatic carbocycles. The Morgan fingerprint density at radius 2 is 2.06 bits per heavy atom. The number of carbonyl (C=O) groups is 1. The number of carbonyl (C=O) groups excluding carboxylic acids is 1. The lowest BCUT2D eigenvalue weighted by molar-refractivity contribution is -0.174. The van der Waals surface area contributed by atoms with E-state index in [0.717, 1.165) is 16.4 Å². The number of ether oxygens (including phenoxy) is 2. The monoisotopic (exact) mass is 464 g/mol. The third-order valence-electron chi connectivity index (χ3n) is 5.52. The summed E-state index contributed by atoms with van der Waals surface area (Å²) in [4.78, 5) is 12.8. The number of nitrogens with one attached hydrogen (secondary N) is 2. The number of methoxy groups -OCH3 is 2. The van der Waals surface area contributed by atoms with Crippen LogP contribution in [-0.4, -0.2) is 42.6 Å². The van der Waals surface area contributed by atoms with Gasteiger partial charge in [0.2, 0.25) is 0 Å². The number of anilines is 1. The Hall–Kier alpha value is -3.63. The third kappa shape index (κ3) is 4.62. The van der Waals surface area contributed by atoms with E-state index < -0.39 is 24.2 Å². The SMILES string of the molecule is COc1ccc(CCNC(=O)c2cnn3c2NC(c2ccco2)CC3C(F)(F)F)cc1OC. The molecule has 0 radical (unpaired) electrons. The fourth-order valence-corrected chi connectivity index (χ4v) is 3.86. The van der Waals surface area contributed by atoms with Crippen LogP contribution < -0.4 is 20.1 Å². The maximum absolute atomic E-state index is 13.7. The average Bonchev–Trinajstić information content (AvgIpc) is 3.47. The van der Waals surface area contributed by atoms with Gasteiger partial charge in [0.05, 0.1) is 32.7 Å². The number of hydrogen-bond donors (Lipinski definition) is 2. The first-order chi connectivity index (χ1) is 15.8. The van der Waals surface area contributed by atoms with Gasteiger partial charge in [0.15, 0.2) is 17.5 Å². The number of benzene rings is 1. The molecule has 0 bridgehead atoms. The van der Waals surface area contributed by atoms with Gasteiger partial charge in [-0.15, -0.1) is 0 Å². The zero-order valence-corrected chi connectivity index (χ0v) is 18.0. The predicted molar refractivity (Wildman–Crippen MR) is 113 cm³/mol. The van der Waals surface area contributed by atoms with E-state index in [0.29, 0.717) is 23.7 Å². The van der Waals surface area contributed by atoms with Gasteiger partial charge in [-0.3, -0.25) is 4.79 Å². The van der Waals surface area contributed by atoms with Crippen LogP contribution in [0.4, 0.5) is 19.0 Å². The molecule has 1 aromatic carbocycles. The number of amides is 1. The van der Waals surface area contributed by atoms with Crippen molar-refractivity contribution in [2.45, 2.75) is 31.1 Å². The second kappa shape index (κ2) is 9.08. The first-order valence-electron chi connectivity index (χ1n) is 10.2. The molecule has 2 aromatic heterocycles. The summed E-state index contributed by atoms with van der Waals surface area (Å²) >= 11 is 0. The number of halogens is 3. The molecule has 3 heterocycles. The second-order valence-corrected chi connectivity index (χ2v) is 7.55. The van der Waals surface area contributed by atoms with E-state index in [4.69, 9.17) is 13.9 Å². The lowest BCUT2D eigenvalue weighted by atomic mass is 10.0. The molecule has 2 N–H and O–H groups in total. The van der Waals surface area contributed by atoms with Crippen molar-refractivity contribution >= 4 is 11.7 Å². The van der Waals surface area contributed by atoms with Gasteiger partial charge >= 0.3 is 6.18 Å². The summed E-state index contributed by atoms with van der Waals surface area (Å²) < 4.78 is 57.7. The van der Waals surface area contributed by atoms with E-state index in [1.807, 2.05) is 6.07 Å².